The molecule has 4 heterocycles. The lowest BCUT2D eigenvalue weighted by Gasteiger charge is -2.41. The lowest BCUT2D eigenvalue weighted by Crippen LogP contribution is -2.49. The SMILES string of the molecule is Cn1cncc1C(=O)COC(=O)C1CN2C(=O)CC3(CC3)C2C2=C1C1=CC(=O)C=C(F)C1=C(Cl)C=NC2. The summed E-state index contributed by atoms with van der Waals surface area (Å²) >= 11 is 6.39. The van der Waals surface area contributed by atoms with Crippen molar-refractivity contribution in [1.82, 2.24) is 14.5 Å². The fourth-order valence-corrected chi connectivity index (χ4v) is 6.26. The standard InChI is InChI=1S/C26H22ClFN4O5/c1-31-12-30-9-19(31)20(34)11-37-25(36)16-10-32-21(35)6-26(2-3-26)24(32)15-7-29-8-17(27)23-14(22(15)16)4-13(33)5-18(23)28/h4-5,8-9,12,16,24H,2-3,6-7,10-11H2,1H3. The molecule has 2 atom stereocenters. The number of aryl methyl sites for hydroxylation is 1. The van der Waals surface area contributed by atoms with E-state index in [-0.39, 0.29) is 52.3 Å². The molecule has 9 nitrogen and oxygen atoms in total. The molecule has 0 bridgehead atoms. The zero-order chi connectivity index (χ0) is 26.1. The molecule has 5 aliphatic rings. The maximum absolute atomic E-state index is 15.1. The van der Waals surface area contributed by atoms with Gasteiger partial charge >= 0.3 is 5.97 Å². The van der Waals surface area contributed by atoms with Gasteiger partial charge in [-0.15, -0.1) is 0 Å². The average molecular weight is 525 g/mol. The molecular formula is C26H22ClFN4O5. The number of hydrogen-bond acceptors (Lipinski definition) is 7. The van der Waals surface area contributed by atoms with Crippen molar-refractivity contribution >= 4 is 41.3 Å². The van der Waals surface area contributed by atoms with Crippen molar-refractivity contribution in [3.63, 3.8) is 0 Å². The Kier molecular flexibility index (Phi) is 5.41. The molecule has 1 saturated heterocycles. The molecule has 1 saturated carbocycles. The molecule has 6 rings (SSSR count). The first kappa shape index (κ1) is 23.7. The summed E-state index contributed by atoms with van der Waals surface area (Å²) in [5.41, 5.74) is 1.28. The Morgan fingerprint density at radius 3 is 2.76 bits per heavy atom. The van der Waals surface area contributed by atoms with Crippen LogP contribution in [0.1, 0.15) is 29.8 Å². The molecule has 2 aliphatic carbocycles. The van der Waals surface area contributed by atoms with Crippen LogP contribution in [-0.4, -0.2) is 69.8 Å². The van der Waals surface area contributed by atoms with Crippen LogP contribution in [0, 0.1) is 11.3 Å². The van der Waals surface area contributed by atoms with Gasteiger partial charge in [0.2, 0.25) is 11.7 Å². The Morgan fingerprint density at radius 1 is 1.27 bits per heavy atom. The number of hydrogen-bond donors (Lipinski definition) is 0. The van der Waals surface area contributed by atoms with Crippen LogP contribution in [0.5, 0.6) is 0 Å². The summed E-state index contributed by atoms with van der Waals surface area (Å²) in [6.07, 6.45) is 8.34. The molecule has 2 unspecified atom stereocenters. The number of nitrogens with zero attached hydrogens (tertiary/aromatic N) is 4. The third kappa shape index (κ3) is 3.73. The van der Waals surface area contributed by atoms with Crippen molar-refractivity contribution in [3.8, 4) is 0 Å². The van der Waals surface area contributed by atoms with E-state index in [1.54, 1.807) is 11.9 Å². The van der Waals surface area contributed by atoms with E-state index < -0.39 is 35.9 Å². The van der Waals surface area contributed by atoms with Crippen molar-refractivity contribution in [1.29, 1.82) is 0 Å². The van der Waals surface area contributed by atoms with Gasteiger partial charge in [-0.3, -0.25) is 24.2 Å². The summed E-state index contributed by atoms with van der Waals surface area (Å²) in [7, 11) is 1.65. The highest BCUT2D eigenvalue weighted by Gasteiger charge is 2.62. The Balaban J connectivity index is 1.43. The predicted molar refractivity (Wildman–Crippen MR) is 129 cm³/mol. The number of allylic oxidation sites excluding steroid dienone is 6. The minimum Gasteiger partial charge on any atom is -0.457 e. The van der Waals surface area contributed by atoms with Gasteiger partial charge in [-0.2, -0.15) is 0 Å². The van der Waals surface area contributed by atoms with Crippen molar-refractivity contribution < 1.29 is 28.3 Å². The number of fused-ring (bicyclic) bond motifs is 5. The van der Waals surface area contributed by atoms with Gasteiger partial charge in [0.25, 0.3) is 0 Å². The fraction of sp³-hybridized carbons (Fsp3) is 0.385. The Labute approximate surface area is 216 Å². The molecule has 0 N–H and O–H groups in total. The molecule has 0 aromatic carbocycles. The number of ether oxygens (including phenoxy) is 1. The van der Waals surface area contributed by atoms with E-state index in [0.717, 1.165) is 18.9 Å². The highest BCUT2D eigenvalue weighted by Crippen LogP contribution is 2.62. The van der Waals surface area contributed by atoms with E-state index in [0.29, 0.717) is 17.6 Å². The van der Waals surface area contributed by atoms with Crippen LogP contribution in [0.15, 0.2) is 62.8 Å². The van der Waals surface area contributed by atoms with Gasteiger partial charge < -0.3 is 14.2 Å². The van der Waals surface area contributed by atoms with Gasteiger partial charge in [-0.05, 0) is 35.6 Å². The number of carbonyl (C=O) groups is 4. The number of halogens is 2. The predicted octanol–water partition coefficient (Wildman–Crippen LogP) is 2.39. The third-order valence-corrected chi connectivity index (χ3v) is 8.09. The number of esters is 1. The molecule has 37 heavy (non-hydrogen) atoms. The highest BCUT2D eigenvalue weighted by molar-refractivity contribution is 6.40. The maximum Gasteiger partial charge on any atom is 0.315 e. The summed E-state index contributed by atoms with van der Waals surface area (Å²) < 4.78 is 22.1. The third-order valence-electron chi connectivity index (χ3n) is 7.80. The Bertz CT molecular complexity index is 1440. The molecule has 3 aliphatic heterocycles. The average Bonchev–Trinajstić information content (AvgIpc) is 3.38. The minimum absolute atomic E-state index is 0.00335. The van der Waals surface area contributed by atoms with Gasteiger partial charge in [0.15, 0.2) is 12.4 Å². The van der Waals surface area contributed by atoms with E-state index in [4.69, 9.17) is 16.3 Å². The van der Waals surface area contributed by atoms with Crippen LogP contribution >= 0.6 is 11.6 Å². The number of aromatic nitrogens is 2. The summed E-state index contributed by atoms with van der Waals surface area (Å²) in [6.45, 7) is -0.412. The molecule has 2 fully saturated rings. The molecular weight excluding hydrogens is 503 g/mol. The summed E-state index contributed by atoms with van der Waals surface area (Å²) in [6, 6.07) is -0.310. The van der Waals surface area contributed by atoms with E-state index in [9.17, 15) is 19.2 Å². The topological polar surface area (TPSA) is 111 Å². The lowest BCUT2D eigenvalue weighted by molar-refractivity contribution is -0.147. The Morgan fingerprint density at radius 2 is 2.05 bits per heavy atom. The largest absolute Gasteiger partial charge is 0.457 e. The van der Waals surface area contributed by atoms with E-state index in [1.807, 2.05) is 0 Å². The van der Waals surface area contributed by atoms with E-state index >= 15 is 4.39 Å². The summed E-state index contributed by atoms with van der Waals surface area (Å²) in [5.74, 6) is -3.72. The van der Waals surface area contributed by atoms with Crippen molar-refractivity contribution in [3.05, 3.63) is 63.5 Å². The zero-order valence-electron chi connectivity index (χ0n) is 19.9. The molecule has 1 spiro atoms. The van der Waals surface area contributed by atoms with Crippen molar-refractivity contribution in [2.75, 3.05) is 19.7 Å². The fourth-order valence-electron chi connectivity index (χ4n) is 6.00. The number of amides is 1. The van der Waals surface area contributed by atoms with Crippen molar-refractivity contribution in [2.24, 2.45) is 23.4 Å². The maximum atomic E-state index is 15.1. The normalized spacial score (nSPS) is 25.8. The van der Waals surface area contributed by atoms with E-state index in [2.05, 4.69) is 9.98 Å². The number of rotatable bonds is 4. The van der Waals surface area contributed by atoms with Gasteiger partial charge in [0.1, 0.15) is 17.4 Å². The molecule has 1 aromatic rings. The number of ketones is 2. The molecule has 190 valence electrons. The van der Waals surface area contributed by atoms with Gasteiger partial charge in [-0.25, -0.2) is 9.37 Å². The zero-order valence-corrected chi connectivity index (χ0v) is 20.6. The molecule has 0 radical (unpaired) electrons. The first-order valence-corrected chi connectivity index (χ1v) is 12.3. The molecule has 1 amide bonds. The summed E-state index contributed by atoms with van der Waals surface area (Å²) in [5, 5.41) is 0.00335. The Hall–Kier alpha value is -3.66. The van der Waals surface area contributed by atoms with Crippen molar-refractivity contribution in [2.45, 2.75) is 25.3 Å². The van der Waals surface area contributed by atoms with Gasteiger partial charge in [0.05, 0.1) is 30.1 Å². The van der Waals surface area contributed by atoms with Crippen LogP contribution in [0.3, 0.4) is 0 Å². The van der Waals surface area contributed by atoms with Crippen LogP contribution < -0.4 is 0 Å². The minimum atomic E-state index is -1.05. The second kappa shape index (κ2) is 8.44. The quantitative estimate of drug-likeness (QED) is 0.442. The first-order valence-electron chi connectivity index (χ1n) is 11.9. The first-order chi connectivity index (χ1) is 17.7. The van der Waals surface area contributed by atoms with Crippen LogP contribution in [-0.2, 0) is 26.2 Å². The number of carbonyl (C=O) groups excluding carboxylic acids is 4. The number of imidazole rings is 1. The second-order valence-corrected chi connectivity index (χ2v) is 10.5. The molecule has 11 heteroatoms. The summed E-state index contributed by atoms with van der Waals surface area (Å²) in [4.78, 5) is 61.6. The van der Waals surface area contributed by atoms with Gasteiger partial charge in [0, 0.05) is 43.3 Å². The van der Waals surface area contributed by atoms with E-state index in [1.165, 1.54) is 29.4 Å². The van der Waals surface area contributed by atoms with Crippen LogP contribution in [0.2, 0.25) is 0 Å². The number of Topliss-reactive ketones (excluding diaryl/α,β-unsaturated/α-hetero) is 1. The van der Waals surface area contributed by atoms with Gasteiger partial charge in [-0.1, -0.05) is 11.6 Å². The smallest absolute Gasteiger partial charge is 0.315 e. The second-order valence-electron chi connectivity index (χ2n) is 10.0. The number of aliphatic imine (C=N–C) groups is 1. The monoisotopic (exact) mass is 524 g/mol. The molecule has 1 aromatic heterocycles. The lowest BCUT2D eigenvalue weighted by atomic mass is 9.74. The highest BCUT2D eigenvalue weighted by atomic mass is 35.5. The van der Waals surface area contributed by atoms with Crippen LogP contribution in [0.25, 0.3) is 0 Å². The van der Waals surface area contributed by atoms with Crippen LogP contribution in [0.4, 0.5) is 4.39 Å².